The molecule has 1 aromatic heterocycles. The highest BCUT2D eigenvalue weighted by Gasteiger charge is 2.24. The third-order valence-electron chi connectivity index (χ3n) is 6.33. The van der Waals surface area contributed by atoms with Crippen LogP contribution in [-0.4, -0.2) is 10.5 Å². The number of para-hydroxylation sites is 1. The Morgan fingerprint density at radius 1 is 1.03 bits per heavy atom. The molecular weight excluding hydrogens is 420 g/mol. The third kappa shape index (κ3) is 4.81. The van der Waals surface area contributed by atoms with E-state index >= 15 is 0 Å². The van der Waals surface area contributed by atoms with Gasteiger partial charge >= 0.3 is 0 Å². The molecular formula is C27H29ClN2O2. The molecule has 5 heteroatoms. The lowest BCUT2D eigenvalue weighted by Crippen LogP contribution is -2.28. The standard InChI is InChI=1S/C27H29ClN2O2/c1-18-9-8-12-21(15-18)26-25(27(32)29-23-14-7-6-13-22(23)28)24(31)16-19(2)30(26)17-20-10-4-3-5-11-20/h6-9,12-16,20H,3-5,10-11,17H2,1-2H3,(H,29,32). The van der Waals surface area contributed by atoms with Crippen LogP contribution in [0.5, 0.6) is 0 Å². The van der Waals surface area contributed by atoms with Gasteiger partial charge in [0.05, 0.1) is 16.4 Å². The van der Waals surface area contributed by atoms with E-state index in [1.54, 1.807) is 30.3 Å². The average Bonchev–Trinajstić information content (AvgIpc) is 2.77. The van der Waals surface area contributed by atoms with Gasteiger partial charge in [-0.25, -0.2) is 0 Å². The van der Waals surface area contributed by atoms with Crippen LogP contribution in [0.15, 0.2) is 59.4 Å². The van der Waals surface area contributed by atoms with Crippen molar-refractivity contribution < 1.29 is 4.79 Å². The fourth-order valence-electron chi connectivity index (χ4n) is 4.69. The molecule has 0 bridgehead atoms. The molecule has 0 aliphatic heterocycles. The number of aryl methyl sites for hydroxylation is 2. The van der Waals surface area contributed by atoms with Crippen molar-refractivity contribution in [2.45, 2.75) is 52.5 Å². The first-order chi connectivity index (χ1) is 15.4. The highest BCUT2D eigenvalue weighted by molar-refractivity contribution is 6.34. The number of anilines is 1. The van der Waals surface area contributed by atoms with E-state index in [4.69, 9.17) is 11.6 Å². The molecule has 1 saturated carbocycles. The highest BCUT2D eigenvalue weighted by Crippen LogP contribution is 2.31. The van der Waals surface area contributed by atoms with E-state index in [1.165, 1.54) is 32.1 Å². The zero-order valence-electron chi connectivity index (χ0n) is 18.7. The van der Waals surface area contributed by atoms with Gasteiger partial charge < -0.3 is 9.88 Å². The second-order valence-corrected chi connectivity index (χ2v) is 9.20. The van der Waals surface area contributed by atoms with Gasteiger partial charge in [-0.15, -0.1) is 0 Å². The van der Waals surface area contributed by atoms with Crippen molar-refractivity contribution in [2.24, 2.45) is 5.92 Å². The Morgan fingerprint density at radius 3 is 2.50 bits per heavy atom. The van der Waals surface area contributed by atoms with Gasteiger partial charge in [0.1, 0.15) is 5.56 Å². The summed E-state index contributed by atoms with van der Waals surface area (Å²) in [5, 5.41) is 3.30. The number of rotatable bonds is 5. The van der Waals surface area contributed by atoms with E-state index in [0.717, 1.165) is 23.4 Å². The number of carbonyl (C=O) groups excluding carboxylic acids is 1. The monoisotopic (exact) mass is 448 g/mol. The summed E-state index contributed by atoms with van der Waals surface area (Å²) in [6.45, 7) is 4.79. The van der Waals surface area contributed by atoms with Crippen molar-refractivity contribution in [1.82, 2.24) is 4.57 Å². The van der Waals surface area contributed by atoms with Crippen LogP contribution in [-0.2, 0) is 6.54 Å². The summed E-state index contributed by atoms with van der Waals surface area (Å²) in [5.41, 5.74) is 3.91. The number of nitrogens with one attached hydrogen (secondary N) is 1. The molecule has 1 fully saturated rings. The molecule has 1 aliphatic rings. The Bertz CT molecular complexity index is 1190. The van der Waals surface area contributed by atoms with E-state index in [1.807, 2.05) is 38.1 Å². The highest BCUT2D eigenvalue weighted by atomic mass is 35.5. The Balaban J connectivity index is 1.86. The number of nitrogens with zero attached hydrogens (tertiary/aromatic N) is 1. The fraction of sp³-hybridized carbons (Fsp3) is 0.333. The van der Waals surface area contributed by atoms with Crippen molar-refractivity contribution in [2.75, 3.05) is 5.32 Å². The van der Waals surface area contributed by atoms with Crippen molar-refractivity contribution in [3.8, 4) is 11.3 Å². The average molecular weight is 449 g/mol. The zero-order valence-corrected chi connectivity index (χ0v) is 19.4. The summed E-state index contributed by atoms with van der Waals surface area (Å²) < 4.78 is 2.17. The van der Waals surface area contributed by atoms with Crippen molar-refractivity contribution in [3.63, 3.8) is 0 Å². The van der Waals surface area contributed by atoms with Gasteiger partial charge in [-0.05, 0) is 56.4 Å². The van der Waals surface area contributed by atoms with Crippen LogP contribution in [0.1, 0.15) is 53.7 Å². The van der Waals surface area contributed by atoms with Gasteiger partial charge in [0.25, 0.3) is 5.91 Å². The SMILES string of the molecule is Cc1cccc(-c2c(C(=O)Nc3ccccc3Cl)c(=O)cc(C)n2CC2CCCCC2)c1. The molecule has 32 heavy (non-hydrogen) atoms. The molecule has 1 aliphatic carbocycles. The summed E-state index contributed by atoms with van der Waals surface area (Å²) >= 11 is 6.26. The van der Waals surface area contributed by atoms with Crippen LogP contribution < -0.4 is 10.7 Å². The number of amides is 1. The van der Waals surface area contributed by atoms with Crippen LogP contribution in [0.3, 0.4) is 0 Å². The number of benzene rings is 2. The number of aromatic nitrogens is 1. The first kappa shape index (κ1) is 22.3. The summed E-state index contributed by atoms with van der Waals surface area (Å²) in [7, 11) is 0. The number of pyridine rings is 1. The summed E-state index contributed by atoms with van der Waals surface area (Å²) in [6.07, 6.45) is 6.13. The van der Waals surface area contributed by atoms with Gasteiger partial charge in [-0.1, -0.05) is 66.8 Å². The molecule has 2 aromatic carbocycles. The van der Waals surface area contributed by atoms with Crippen molar-refractivity contribution >= 4 is 23.2 Å². The van der Waals surface area contributed by atoms with Crippen molar-refractivity contribution in [3.05, 3.63) is 86.7 Å². The van der Waals surface area contributed by atoms with E-state index in [9.17, 15) is 9.59 Å². The molecule has 166 valence electrons. The maximum Gasteiger partial charge on any atom is 0.261 e. The largest absolute Gasteiger partial charge is 0.344 e. The quantitative estimate of drug-likeness (QED) is 0.476. The van der Waals surface area contributed by atoms with Crippen LogP contribution in [0.25, 0.3) is 11.3 Å². The van der Waals surface area contributed by atoms with Crippen LogP contribution >= 0.6 is 11.6 Å². The molecule has 0 radical (unpaired) electrons. The summed E-state index contributed by atoms with van der Waals surface area (Å²) in [4.78, 5) is 26.6. The van der Waals surface area contributed by atoms with E-state index in [0.29, 0.717) is 22.3 Å². The Hall–Kier alpha value is -2.85. The molecule has 4 nitrogen and oxygen atoms in total. The number of halogens is 1. The second kappa shape index (κ2) is 9.74. The van der Waals surface area contributed by atoms with E-state index in [2.05, 4.69) is 9.88 Å². The molecule has 1 amide bonds. The van der Waals surface area contributed by atoms with Gasteiger partial charge in [-0.3, -0.25) is 9.59 Å². The Labute approximate surface area is 194 Å². The topological polar surface area (TPSA) is 51.1 Å². The predicted octanol–water partition coefficient (Wildman–Crippen LogP) is 6.62. The summed E-state index contributed by atoms with van der Waals surface area (Å²) in [5.74, 6) is 0.116. The minimum absolute atomic E-state index is 0.164. The molecule has 0 unspecified atom stereocenters. The number of hydrogen-bond acceptors (Lipinski definition) is 2. The maximum atomic E-state index is 13.4. The number of carbonyl (C=O) groups is 1. The van der Waals surface area contributed by atoms with Gasteiger partial charge in [0, 0.05) is 18.3 Å². The van der Waals surface area contributed by atoms with Gasteiger partial charge in [0.2, 0.25) is 0 Å². The molecule has 1 heterocycles. The Morgan fingerprint density at radius 2 is 1.78 bits per heavy atom. The van der Waals surface area contributed by atoms with E-state index in [-0.39, 0.29) is 11.0 Å². The lowest BCUT2D eigenvalue weighted by molar-refractivity contribution is 0.102. The Kier molecular flexibility index (Phi) is 6.80. The fourth-order valence-corrected chi connectivity index (χ4v) is 4.87. The molecule has 0 spiro atoms. The molecule has 1 N–H and O–H groups in total. The number of hydrogen-bond donors (Lipinski definition) is 1. The van der Waals surface area contributed by atoms with Crippen LogP contribution in [0.4, 0.5) is 5.69 Å². The van der Waals surface area contributed by atoms with E-state index < -0.39 is 5.91 Å². The normalized spacial score (nSPS) is 14.3. The minimum Gasteiger partial charge on any atom is -0.344 e. The second-order valence-electron chi connectivity index (χ2n) is 8.79. The van der Waals surface area contributed by atoms with Gasteiger partial charge in [-0.2, -0.15) is 0 Å². The molecule has 3 aromatic rings. The van der Waals surface area contributed by atoms with Crippen molar-refractivity contribution in [1.29, 1.82) is 0 Å². The third-order valence-corrected chi connectivity index (χ3v) is 6.65. The molecule has 4 rings (SSSR count). The maximum absolute atomic E-state index is 13.4. The minimum atomic E-state index is -0.433. The lowest BCUT2D eigenvalue weighted by atomic mass is 9.88. The predicted molar refractivity (Wildman–Crippen MR) is 132 cm³/mol. The zero-order chi connectivity index (χ0) is 22.7. The molecule has 0 atom stereocenters. The smallest absolute Gasteiger partial charge is 0.261 e. The lowest BCUT2D eigenvalue weighted by Gasteiger charge is -2.27. The first-order valence-electron chi connectivity index (χ1n) is 11.3. The van der Waals surface area contributed by atoms with Crippen LogP contribution in [0, 0.1) is 19.8 Å². The summed E-state index contributed by atoms with van der Waals surface area (Å²) in [6, 6.07) is 16.7. The van der Waals surface area contributed by atoms with Gasteiger partial charge in [0.15, 0.2) is 5.43 Å². The van der Waals surface area contributed by atoms with Crippen LogP contribution in [0.2, 0.25) is 5.02 Å². The first-order valence-corrected chi connectivity index (χ1v) is 11.7. The molecule has 0 saturated heterocycles.